The van der Waals surface area contributed by atoms with E-state index < -0.39 is 5.41 Å². The van der Waals surface area contributed by atoms with Crippen molar-refractivity contribution in [2.45, 2.75) is 64.5 Å². The molecular formula is C28H36BrN3O. The summed E-state index contributed by atoms with van der Waals surface area (Å²) >= 11 is 0. The smallest absolute Gasteiger partial charge is 0.253 e. The third-order valence-corrected chi connectivity index (χ3v) is 7.40. The summed E-state index contributed by atoms with van der Waals surface area (Å²) in [6.45, 7) is 7.80. The fourth-order valence-corrected chi connectivity index (χ4v) is 5.67. The maximum Gasteiger partial charge on any atom is 0.253 e. The highest BCUT2D eigenvalue weighted by molar-refractivity contribution is 5.91. The summed E-state index contributed by atoms with van der Waals surface area (Å²) in [6, 6.07) is 20.7. The number of carbonyl (C=O) groups excluding carboxylic acids is 1. The molecule has 4 rings (SSSR count). The number of aromatic nitrogens is 2. The summed E-state index contributed by atoms with van der Waals surface area (Å²) in [6.07, 6.45) is 8.57. The monoisotopic (exact) mass is 509 g/mol. The third-order valence-electron chi connectivity index (χ3n) is 7.40. The van der Waals surface area contributed by atoms with E-state index in [0.29, 0.717) is 12.0 Å². The zero-order valence-electron chi connectivity index (χ0n) is 20.0. The van der Waals surface area contributed by atoms with Gasteiger partial charge >= 0.3 is 0 Å². The number of nitrogens with zero attached hydrogens (tertiary/aromatic N) is 2. The standard InChI is InChI=1S/C28H35N3O.BrH/c1-21(2)16-17-30-18-19-31(22(30)3)26-15-14-25(20-26)28(27(29)32,23-10-6-4-7-11-23)24-12-8-5-9-13-24;/h4-13,18-19,21,25-26H,14-17,20H2,1-3H3,(H-,29,32);1H/t25-,26+;/m0./s1. The van der Waals surface area contributed by atoms with E-state index in [9.17, 15) is 4.79 Å². The van der Waals surface area contributed by atoms with Crippen molar-refractivity contribution in [3.8, 4) is 0 Å². The van der Waals surface area contributed by atoms with Gasteiger partial charge < -0.3 is 22.7 Å². The van der Waals surface area contributed by atoms with Crippen molar-refractivity contribution in [1.29, 1.82) is 0 Å². The van der Waals surface area contributed by atoms with Crippen molar-refractivity contribution in [3.05, 3.63) is 90.0 Å². The van der Waals surface area contributed by atoms with Crippen LogP contribution >= 0.6 is 0 Å². The van der Waals surface area contributed by atoms with Crippen LogP contribution in [0.1, 0.15) is 62.5 Å². The number of hydrogen-bond acceptors (Lipinski definition) is 1. The average Bonchev–Trinajstić information content (AvgIpc) is 3.41. The van der Waals surface area contributed by atoms with Crippen molar-refractivity contribution >= 4 is 5.91 Å². The second-order valence-electron chi connectivity index (χ2n) is 9.70. The van der Waals surface area contributed by atoms with E-state index in [1.54, 1.807) is 0 Å². The molecule has 0 radical (unpaired) electrons. The lowest BCUT2D eigenvalue weighted by Crippen LogP contribution is -3.00. The van der Waals surface area contributed by atoms with Crippen molar-refractivity contribution in [2.75, 3.05) is 0 Å². The van der Waals surface area contributed by atoms with Crippen LogP contribution in [0.25, 0.3) is 0 Å². The minimum Gasteiger partial charge on any atom is -1.00 e. The van der Waals surface area contributed by atoms with Crippen LogP contribution in [0.4, 0.5) is 0 Å². The first-order valence-corrected chi connectivity index (χ1v) is 11.9. The van der Waals surface area contributed by atoms with Crippen LogP contribution in [0.3, 0.4) is 0 Å². The molecule has 4 nitrogen and oxygen atoms in total. The summed E-state index contributed by atoms with van der Waals surface area (Å²) in [7, 11) is 0. The highest BCUT2D eigenvalue weighted by Gasteiger charge is 2.51. The number of imidazole rings is 1. The maximum absolute atomic E-state index is 13.3. The fourth-order valence-electron chi connectivity index (χ4n) is 5.67. The molecule has 2 atom stereocenters. The van der Waals surface area contributed by atoms with E-state index in [2.05, 4.69) is 66.6 Å². The first kappa shape index (κ1) is 25.2. The molecular weight excluding hydrogens is 474 g/mol. The second-order valence-corrected chi connectivity index (χ2v) is 9.70. The first-order valence-electron chi connectivity index (χ1n) is 11.9. The molecule has 1 fully saturated rings. The Morgan fingerprint density at radius 1 is 1.06 bits per heavy atom. The van der Waals surface area contributed by atoms with Gasteiger partial charge in [-0.25, -0.2) is 9.13 Å². The molecule has 0 spiro atoms. The van der Waals surface area contributed by atoms with Gasteiger partial charge in [-0.2, -0.15) is 0 Å². The number of aryl methyl sites for hydroxylation is 1. The summed E-state index contributed by atoms with van der Waals surface area (Å²) in [5.74, 6) is 1.88. The van der Waals surface area contributed by atoms with Crippen LogP contribution in [-0.2, 0) is 16.8 Å². The number of hydrogen-bond donors (Lipinski definition) is 1. The minimum absolute atomic E-state index is 0. The molecule has 0 saturated heterocycles. The SMILES string of the molecule is Cc1n([C@@H]2CC[C@H](C(C(N)=O)(c3ccccc3)c3ccccc3)C2)cc[n+]1CCC(C)C.[Br-]. The largest absolute Gasteiger partial charge is 1.00 e. The molecule has 176 valence electrons. The Hall–Kier alpha value is -2.40. The van der Waals surface area contributed by atoms with Gasteiger partial charge in [0, 0.05) is 6.92 Å². The van der Waals surface area contributed by atoms with E-state index in [0.717, 1.165) is 36.9 Å². The van der Waals surface area contributed by atoms with Gasteiger partial charge in [-0.15, -0.1) is 0 Å². The Kier molecular flexibility index (Phi) is 8.17. The molecule has 33 heavy (non-hydrogen) atoms. The molecule has 3 aromatic rings. The van der Waals surface area contributed by atoms with Gasteiger partial charge in [0.2, 0.25) is 5.91 Å². The van der Waals surface area contributed by atoms with Crippen molar-refractivity contribution in [1.82, 2.24) is 4.57 Å². The third kappa shape index (κ3) is 4.79. The molecule has 1 saturated carbocycles. The highest BCUT2D eigenvalue weighted by atomic mass is 79.9. The molecule has 1 heterocycles. The molecule has 1 aliphatic rings. The Labute approximate surface area is 208 Å². The Morgan fingerprint density at radius 3 is 2.15 bits per heavy atom. The number of benzene rings is 2. The van der Waals surface area contributed by atoms with Gasteiger partial charge in [-0.3, -0.25) is 4.79 Å². The lowest BCUT2D eigenvalue weighted by Gasteiger charge is -2.37. The number of nitrogens with two attached hydrogens (primary N) is 1. The molecule has 0 unspecified atom stereocenters. The van der Waals surface area contributed by atoms with E-state index in [1.807, 2.05) is 36.4 Å². The van der Waals surface area contributed by atoms with Gasteiger partial charge in [0.05, 0.1) is 6.54 Å². The molecule has 0 bridgehead atoms. The Bertz CT molecular complexity index is 1010. The summed E-state index contributed by atoms with van der Waals surface area (Å²) in [5.41, 5.74) is 7.44. The van der Waals surface area contributed by atoms with Crippen LogP contribution in [0.5, 0.6) is 0 Å². The molecule has 1 aromatic heterocycles. The van der Waals surface area contributed by atoms with E-state index in [4.69, 9.17) is 5.73 Å². The van der Waals surface area contributed by atoms with Gasteiger partial charge in [0.15, 0.2) is 0 Å². The fraction of sp³-hybridized carbons (Fsp3) is 0.429. The zero-order chi connectivity index (χ0) is 22.7. The Morgan fingerprint density at radius 2 is 1.64 bits per heavy atom. The maximum atomic E-state index is 13.3. The molecule has 5 heteroatoms. The molecule has 2 N–H and O–H groups in total. The van der Waals surface area contributed by atoms with Crippen molar-refractivity contribution in [3.63, 3.8) is 0 Å². The highest BCUT2D eigenvalue weighted by Crippen LogP contribution is 2.49. The first-order chi connectivity index (χ1) is 15.4. The zero-order valence-corrected chi connectivity index (χ0v) is 21.5. The minimum atomic E-state index is -0.814. The lowest BCUT2D eigenvalue weighted by atomic mass is 9.64. The number of rotatable bonds is 8. The molecule has 1 aliphatic carbocycles. The summed E-state index contributed by atoms with van der Waals surface area (Å²) in [4.78, 5) is 13.3. The molecule has 2 aromatic carbocycles. The number of amides is 1. The van der Waals surface area contributed by atoms with E-state index in [1.165, 1.54) is 12.2 Å². The summed E-state index contributed by atoms with van der Waals surface area (Å²) < 4.78 is 4.78. The quantitative estimate of drug-likeness (QED) is 0.463. The van der Waals surface area contributed by atoms with Crippen molar-refractivity contribution in [2.24, 2.45) is 17.6 Å². The van der Waals surface area contributed by atoms with Crippen LogP contribution < -0.4 is 27.3 Å². The normalized spacial score (nSPS) is 18.3. The number of carbonyl (C=O) groups is 1. The predicted octanol–water partition coefficient (Wildman–Crippen LogP) is 1.95. The molecule has 1 amide bonds. The van der Waals surface area contributed by atoms with Crippen LogP contribution in [0.15, 0.2) is 73.1 Å². The summed E-state index contributed by atoms with van der Waals surface area (Å²) in [5, 5.41) is 0. The predicted molar refractivity (Wildman–Crippen MR) is 128 cm³/mol. The number of primary amides is 1. The van der Waals surface area contributed by atoms with Crippen LogP contribution in [0.2, 0.25) is 0 Å². The van der Waals surface area contributed by atoms with E-state index >= 15 is 0 Å². The Balaban J connectivity index is 0.00000306. The van der Waals surface area contributed by atoms with Gasteiger partial charge in [0.1, 0.15) is 23.9 Å². The van der Waals surface area contributed by atoms with Crippen LogP contribution in [0, 0.1) is 18.8 Å². The van der Waals surface area contributed by atoms with E-state index in [-0.39, 0.29) is 28.8 Å². The number of halogens is 1. The lowest BCUT2D eigenvalue weighted by molar-refractivity contribution is -0.703. The van der Waals surface area contributed by atoms with Crippen LogP contribution in [-0.4, -0.2) is 10.5 Å². The van der Waals surface area contributed by atoms with Crippen molar-refractivity contribution < 1.29 is 26.3 Å². The van der Waals surface area contributed by atoms with Gasteiger partial charge in [0.25, 0.3) is 5.82 Å². The van der Waals surface area contributed by atoms with Gasteiger partial charge in [-0.05, 0) is 48.6 Å². The molecule has 0 aliphatic heterocycles. The topological polar surface area (TPSA) is 51.9 Å². The average molecular weight is 511 g/mol. The van der Waals surface area contributed by atoms with Gasteiger partial charge in [-0.1, -0.05) is 74.5 Å². The second kappa shape index (κ2) is 10.7.